The van der Waals surface area contributed by atoms with Gasteiger partial charge in [0.25, 0.3) is 0 Å². The van der Waals surface area contributed by atoms with Crippen LogP contribution in [0.25, 0.3) is 5.69 Å². The summed E-state index contributed by atoms with van der Waals surface area (Å²) in [5.41, 5.74) is 8.80. The van der Waals surface area contributed by atoms with Gasteiger partial charge in [0, 0.05) is 19.1 Å². The molecule has 1 amide bonds. The lowest BCUT2D eigenvalue weighted by Crippen LogP contribution is -2.34. The standard InChI is InChI=1S/C18H23N5O/c1-12-17(20-21-23(12)14-5-3-2-4-6-14)9-18(24)22-10-13-7-8-16(19)15(13)11-22/h2-6,13,15-16H,7-11,19H2,1H3. The van der Waals surface area contributed by atoms with E-state index in [0.29, 0.717) is 18.3 Å². The Morgan fingerprint density at radius 1 is 1.25 bits per heavy atom. The number of nitrogens with zero attached hydrogens (tertiary/aromatic N) is 4. The first-order valence-corrected chi connectivity index (χ1v) is 8.63. The number of nitrogens with two attached hydrogens (primary N) is 1. The Labute approximate surface area is 141 Å². The molecule has 2 fully saturated rings. The van der Waals surface area contributed by atoms with Gasteiger partial charge in [-0.15, -0.1) is 5.10 Å². The van der Waals surface area contributed by atoms with Crippen LogP contribution in [0.3, 0.4) is 0 Å². The fourth-order valence-corrected chi connectivity index (χ4v) is 4.10. The molecule has 1 aromatic carbocycles. The normalized spacial score (nSPS) is 25.9. The number of rotatable bonds is 3. The van der Waals surface area contributed by atoms with Crippen molar-refractivity contribution >= 4 is 5.91 Å². The van der Waals surface area contributed by atoms with Crippen LogP contribution in [0.2, 0.25) is 0 Å². The summed E-state index contributed by atoms with van der Waals surface area (Å²) < 4.78 is 1.79. The van der Waals surface area contributed by atoms with E-state index in [2.05, 4.69) is 10.3 Å². The molecule has 2 N–H and O–H groups in total. The summed E-state index contributed by atoms with van der Waals surface area (Å²) in [4.78, 5) is 14.6. The van der Waals surface area contributed by atoms with E-state index in [-0.39, 0.29) is 11.9 Å². The van der Waals surface area contributed by atoms with Gasteiger partial charge in [0.1, 0.15) is 0 Å². The number of likely N-dealkylation sites (tertiary alicyclic amines) is 1. The fourth-order valence-electron chi connectivity index (χ4n) is 4.10. The minimum atomic E-state index is 0.139. The van der Waals surface area contributed by atoms with E-state index in [0.717, 1.165) is 43.0 Å². The molecule has 0 spiro atoms. The lowest BCUT2D eigenvalue weighted by atomic mass is 9.98. The molecule has 4 rings (SSSR count). The minimum absolute atomic E-state index is 0.139. The molecule has 24 heavy (non-hydrogen) atoms. The van der Waals surface area contributed by atoms with Crippen molar-refractivity contribution in [1.82, 2.24) is 19.9 Å². The number of carbonyl (C=O) groups excluding carboxylic acids is 1. The summed E-state index contributed by atoms with van der Waals surface area (Å²) in [6.45, 7) is 3.61. The second kappa shape index (κ2) is 6.02. The number of amides is 1. The Morgan fingerprint density at radius 2 is 2.04 bits per heavy atom. The van der Waals surface area contributed by atoms with Gasteiger partial charge in [-0.2, -0.15) is 0 Å². The third-order valence-electron chi connectivity index (χ3n) is 5.57. The fraction of sp³-hybridized carbons (Fsp3) is 0.500. The van der Waals surface area contributed by atoms with Gasteiger partial charge in [0.15, 0.2) is 0 Å². The average Bonchev–Trinajstić information content (AvgIpc) is 3.26. The predicted molar refractivity (Wildman–Crippen MR) is 90.6 cm³/mol. The largest absolute Gasteiger partial charge is 0.342 e. The SMILES string of the molecule is Cc1c(CC(=O)N2CC3CCC(N)C3C2)nnn1-c1ccccc1. The summed E-state index contributed by atoms with van der Waals surface area (Å²) in [5.74, 6) is 1.21. The predicted octanol–water partition coefficient (Wildman–Crippen LogP) is 1.31. The Balaban J connectivity index is 1.46. The molecule has 2 heterocycles. The molecule has 2 aromatic rings. The molecule has 1 aliphatic carbocycles. The van der Waals surface area contributed by atoms with Gasteiger partial charge in [0.05, 0.1) is 23.5 Å². The Bertz CT molecular complexity index is 741. The number of hydrogen-bond donors (Lipinski definition) is 1. The van der Waals surface area contributed by atoms with Crippen molar-refractivity contribution in [2.45, 2.75) is 32.2 Å². The zero-order chi connectivity index (χ0) is 16.7. The van der Waals surface area contributed by atoms with Gasteiger partial charge in [-0.05, 0) is 43.7 Å². The number of para-hydroxylation sites is 1. The molecule has 1 aliphatic heterocycles. The Hall–Kier alpha value is -2.21. The van der Waals surface area contributed by atoms with Crippen molar-refractivity contribution < 1.29 is 4.79 Å². The van der Waals surface area contributed by atoms with E-state index in [1.54, 1.807) is 4.68 Å². The van der Waals surface area contributed by atoms with E-state index < -0.39 is 0 Å². The molecule has 0 radical (unpaired) electrons. The first kappa shape index (κ1) is 15.3. The van der Waals surface area contributed by atoms with Gasteiger partial charge in [-0.1, -0.05) is 23.4 Å². The second-order valence-electron chi connectivity index (χ2n) is 7.01. The van der Waals surface area contributed by atoms with E-state index in [1.807, 2.05) is 42.2 Å². The monoisotopic (exact) mass is 325 g/mol. The Kier molecular flexibility index (Phi) is 3.84. The van der Waals surface area contributed by atoms with Crippen molar-refractivity contribution in [1.29, 1.82) is 0 Å². The maximum atomic E-state index is 12.7. The topological polar surface area (TPSA) is 77.0 Å². The average molecular weight is 325 g/mol. The highest BCUT2D eigenvalue weighted by Gasteiger charge is 2.42. The van der Waals surface area contributed by atoms with E-state index in [1.165, 1.54) is 0 Å². The van der Waals surface area contributed by atoms with Crippen LogP contribution in [-0.4, -0.2) is 44.9 Å². The van der Waals surface area contributed by atoms with Crippen LogP contribution in [0.5, 0.6) is 0 Å². The maximum absolute atomic E-state index is 12.7. The molecule has 0 bridgehead atoms. The molecular formula is C18H23N5O. The lowest BCUT2D eigenvalue weighted by molar-refractivity contribution is -0.129. The number of benzene rings is 1. The van der Waals surface area contributed by atoms with Gasteiger partial charge in [-0.25, -0.2) is 4.68 Å². The number of carbonyl (C=O) groups is 1. The van der Waals surface area contributed by atoms with Crippen LogP contribution in [0.4, 0.5) is 0 Å². The van der Waals surface area contributed by atoms with Crippen LogP contribution in [0.1, 0.15) is 24.2 Å². The first-order valence-electron chi connectivity index (χ1n) is 8.63. The zero-order valence-electron chi connectivity index (χ0n) is 13.9. The molecule has 6 heteroatoms. The molecule has 3 unspecified atom stereocenters. The van der Waals surface area contributed by atoms with Gasteiger partial charge in [0.2, 0.25) is 5.91 Å². The number of hydrogen-bond acceptors (Lipinski definition) is 4. The van der Waals surface area contributed by atoms with Crippen LogP contribution in [-0.2, 0) is 11.2 Å². The van der Waals surface area contributed by atoms with Crippen molar-refractivity contribution in [3.63, 3.8) is 0 Å². The molecule has 126 valence electrons. The van der Waals surface area contributed by atoms with Crippen LogP contribution in [0, 0.1) is 18.8 Å². The van der Waals surface area contributed by atoms with Crippen LogP contribution < -0.4 is 5.73 Å². The third-order valence-corrected chi connectivity index (χ3v) is 5.57. The highest BCUT2D eigenvalue weighted by Crippen LogP contribution is 2.37. The quantitative estimate of drug-likeness (QED) is 0.923. The molecule has 1 aromatic heterocycles. The van der Waals surface area contributed by atoms with Crippen molar-refractivity contribution in [2.75, 3.05) is 13.1 Å². The highest BCUT2D eigenvalue weighted by atomic mass is 16.2. The van der Waals surface area contributed by atoms with Crippen LogP contribution >= 0.6 is 0 Å². The highest BCUT2D eigenvalue weighted by molar-refractivity contribution is 5.79. The third kappa shape index (κ3) is 2.60. The number of aromatic nitrogens is 3. The van der Waals surface area contributed by atoms with Crippen molar-refractivity contribution in [3.05, 3.63) is 41.7 Å². The molecular weight excluding hydrogens is 302 g/mol. The van der Waals surface area contributed by atoms with Crippen LogP contribution in [0.15, 0.2) is 30.3 Å². The minimum Gasteiger partial charge on any atom is -0.342 e. The van der Waals surface area contributed by atoms with E-state index in [9.17, 15) is 4.79 Å². The van der Waals surface area contributed by atoms with E-state index >= 15 is 0 Å². The first-order chi connectivity index (χ1) is 11.6. The van der Waals surface area contributed by atoms with Crippen molar-refractivity contribution in [3.8, 4) is 5.69 Å². The maximum Gasteiger partial charge on any atom is 0.228 e. The van der Waals surface area contributed by atoms with Gasteiger partial charge in [-0.3, -0.25) is 4.79 Å². The summed E-state index contributed by atoms with van der Waals surface area (Å²) >= 11 is 0. The molecule has 1 saturated heterocycles. The summed E-state index contributed by atoms with van der Waals surface area (Å²) in [5, 5.41) is 8.44. The van der Waals surface area contributed by atoms with Gasteiger partial charge < -0.3 is 10.6 Å². The molecule has 3 atom stereocenters. The van der Waals surface area contributed by atoms with Crippen molar-refractivity contribution in [2.24, 2.45) is 17.6 Å². The smallest absolute Gasteiger partial charge is 0.228 e. The summed E-state index contributed by atoms with van der Waals surface area (Å²) in [6.07, 6.45) is 2.56. The molecule has 6 nitrogen and oxygen atoms in total. The van der Waals surface area contributed by atoms with E-state index in [4.69, 9.17) is 5.73 Å². The lowest BCUT2D eigenvalue weighted by Gasteiger charge is -2.18. The second-order valence-corrected chi connectivity index (χ2v) is 7.01. The summed E-state index contributed by atoms with van der Waals surface area (Å²) in [6, 6.07) is 10.1. The molecule has 1 saturated carbocycles. The summed E-state index contributed by atoms with van der Waals surface area (Å²) in [7, 11) is 0. The Morgan fingerprint density at radius 3 is 2.79 bits per heavy atom. The number of fused-ring (bicyclic) bond motifs is 1. The van der Waals surface area contributed by atoms with Gasteiger partial charge >= 0.3 is 0 Å². The zero-order valence-corrected chi connectivity index (χ0v) is 13.9. The molecule has 2 aliphatic rings.